The topological polar surface area (TPSA) is 88.3 Å². The molecule has 9 heteroatoms. The molecule has 0 spiro atoms. The van der Waals surface area contributed by atoms with Gasteiger partial charge in [-0.1, -0.05) is 11.6 Å². The summed E-state index contributed by atoms with van der Waals surface area (Å²) in [6, 6.07) is 2.53. The molecule has 1 aliphatic heterocycles. The number of carboxylic acids is 1. The molecule has 1 aromatic carbocycles. The van der Waals surface area contributed by atoms with Crippen LogP contribution in [0.3, 0.4) is 0 Å². The number of halogens is 2. The number of hydrogen-bond donors (Lipinski definition) is 1. The van der Waals surface area contributed by atoms with Gasteiger partial charge in [-0.05, 0) is 25.1 Å². The summed E-state index contributed by atoms with van der Waals surface area (Å²) < 4.78 is 15.2. The van der Waals surface area contributed by atoms with Crippen LogP contribution in [0.1, 0.15) is 22.0 Å². The fourth-order valence-corrected chi connectivity index (χ4v) is 2.65. The molecular formula is C14H12ClFN4O3. The third kappa shape index (κ3) is 2.65. The van der Waals surface area contributed by atoms with E-state index < -0.39 is 23.7 Å². The lowest BCUT2D eigenvalue weighted by molar-refractivity contribution is -0.143. The molecule has 0 saturated heterocycles. The summed E-state index contributed by atoms with van der Waals surface area (Å²) in [4.78, 5) is 25.3. The predicted molar refractivity (Wildman–Crippen MR) is 77.5 cm³/mol. The van der Waals surface area contributed by atoms with E-state index in [0.29, 0.717) is 11.6 Å². The van der Waals surface area contributed by atoms with Gasteiger partial charge in [0.15, 0.2) is 5.82 Å². The lowest BCUT2D eigenvalue weighted by atomic mass is 10.1. The van der Waals surface area contributed by atoms with Crippen LogP contribution in [-0.4, -0.2) is 42.7 Å². The second-order valence-corrected chi connectivity index (χ2v) is 5.60. The Hall–Kier alpha value is -2.48. The first-order chi connectivity index (χ1) is 10.9. The highest BCUT2D eigenvalue weighted by atomic mass is 35.5. The van der Waals surface area contributed by atoms with E-state index in [1.807, 2.05) is 0 Å². The zero-order chi connectivity index (χ0) is 16.7. The van der Waals surface area contributed by atoms with Crippen molar-refractivity contribution in [3.8, 4) is 0 Å². The zero-order valence-corrected chi connectivity index (χ0v) is 12.8. The van der Waals surface area contributed by atoms with E-state index in [2.05, 4.69) is 10.2 Å². The first-order valence-electron chi connectivity index (χ1n) is 6.76. The van der Waals surface area contributed by atoms with Gasteiger partial charge >= 0.3 is 5.97 Å². The average Bonchev–Trinajstić information content (AvgIpc) is 2.88. The van der Waals surface area contributed by atoms with Gasteiger partial charge in [0, 0.05) is 5.56 Å². The number of nitrogens with zero attached hydrogens (tertiary/aromatic N) is 4. The smallest absolute Gasteiger partial charge is 0.328 e. The van der Waals surface area contributed by atoms with Crippen molar-refractivity contribution in [2.24, 2.45) is 0 Å². The normalized spacial score (nSPS) is 17.0. The number of rotatable bonds is 2. The van der Waals surface area contributed by atoms with Crippen molar-refractivity contribution in [2.75, 3.05) is 0 Å². The Balaban J connectivity index is 1.97. The van der Waals surface area contributed by atoms with Crippen LogP contribution < -0.4 is 0 Å². The predicted octanol–water partition coefficient (Wildman–Crippen LogP) is 1.49. The third-order valence-corrected chi connectivity index (χ3v) is 4.07. The average molecular weight is 339 g/mol. The first-order valence-corrected chi connectivity index (χ1v) is 7.13. The van der Waals surface area contributed by atoms with Crippen LogP contribution in [0, 0.1) is 12.7 Å². The fourth-order valence-electron chi connectivity index (χ4n) is 2.53. The van der Waals surface area contributed by atoms with Crippen LogP contribution in [0.2, 0.25) is 5.02 Å². The van der Waals surface area contributed by atoms with Gasteiger partial charge < -0.3 is 14.6 Å². The molecule has 120 valence electrons. The molecule has 1 amide bonds. The van der Waals surface area contributed by atoms with Gasteiger partial charge in [0.1, 0.15) is 17.7 Å². The van der Waals surface area contributed by atoms with Crippen molar-refractivity contribution in [3.05, 3.63) is 46.3 Å². The Labute approximate surface area is 135 Å². The molecule has 0 radical (unpaired) electrons. The molecule has 2 aromatic rings. The summed E-state index contributed by atoms with van der Waals surface area (Å²) in [5.74, 6) is -1.41. The van der Waals surface area contributed by atoms with Gasteiger partial charge in [-0.3, -0.25) is 4.79 Å². The summed E-state index contributed by atoms with van der Waals surface area (Å²) in [6.07, 6.45) is 0. The second-order valence-electron chi connectivity index (χ2n) is 5.19. The zero-order valence-electron chi connectivity index (χ0n) is 12.0. The highest BCUT2D eigenvalue weighted by molar-refractivity contribution is 6.30. The number of carbonyl (C=O) groups is 2. The summed E-state index contributed by atoms with van der Waals surface area (Å²) >= 11 is 5.60. The molecule has 23 heavy (non-hydrogen) atoms. The molecule has 0 bridgehead atoms. The number of aliphatic carboxylic acids is 1. The number of hydrogen-bond acceptors (Lipinski definition) is 4. The maximum atomic E-state index is 13.6. The van der Waals surface area contributed by atoms with Crippen molar-refractivity contribution >= 4 is 23.5 Å². The van der Waals surface area contributed by atoms with Gasteiger partial charge in [0.2, 0.25) is 0 Å². The maximum Gasteiger partial charge on any atom is 0.328 e. The van der Waals surface area contributed by atoms with E-state index in [0.717, 1.165) is 11.0 Å². The van der Waals surface area contributed by atoms with Gasteiger partial charge in [0.05, 0.1) is 18.1 Å². The molecule has 3 rings (SSSR count). The monoisotopic (exact) mass is 338 g/mol. The standard InChI is InChI=1S/C14H12ClFN4O3/c1-7-17-18-12-6-20(11(14(22)23)5-19(7)12)13(21)8-2-3-9(15)10(16)4-8/h2-4,11H,5-6H2,1H3,(H,22,23). The van der Waals surface area contributed by atoms with Gasteiger partial charge in [-0.25, -0.2) is 9.18 Å². The van der Waals surface area contributed by atoms with Crippen molar-refractivity contribution in [2.45, 2.75) is 26.1 Å². The van der Waals surface area contributed by atoms with E-state index in [1.54, 1.807) is 11.5 Å². The van der Waals surface area contributed by atoms with Gasteiger partial charge in [0.25, 0.3) is 5.91 Å². The van der Waals surface area contributed by atoms with Crippen LogP contribution in [0.25, 0.3) is 0 Å². The Morgan fingerprint density at radius 2 is 2.13 bits per heavy atom. The molecule has 1 atom stereocenters. The molecular weight excluding hydrogens is 327 g/mol. The molecule has 0 fully saturated rings. The Morgan fingerprint density at radius 3 is 2.78 bits per heavy atom. The number of aryl methyl sites for hydroxylation is 1. The van der Waals surface area contributed by atoms with E-state index in [-0.39, 0.29) is 23.7 Å². The minimum Gasteiger partial charge on any atom is -0.480 e. The van der Waals surface area contributed by atoms with Crippen LogP contribution in [0.4, 0.5) is 4.39 Å². The molecule has 7 nitrogen and oxygen atoms in total. The van der Waals surface area contributed by atoms with E-state index in [4.69, 9.17) is 11.6 Å². The first kappa shape index (κ1) is 15.4. The highest BCUT2D eigenvalue weighted by Gasteiger charge is 2.36. The van der Waals surface area contributed by atoms with Crippen molar-refractivity contribution in [3.63, 3.8) is 0 Å². The number of carboxylic acid groups (broad SMARTS) is 1. The van der Waals surface area contributed by atoms with Gasteiger partial charge in [-0.15, -0.1) is 10.2 Å². The SMILES string of the molecule is Cc1nnc2n1CC(C(=O)O)N(C(=O)c1ccc(Cl)c(F)c1)C2. The summed E-state index contributed by atoms with van der Waals surface area (Å²) in [5, 5.41) is 17.1. The van der Waals surface area contributed by atoms with Gasteiger partial charge in [-0.2, -0.15) is 0 Å². The van der Waals surface area contributed by atoms with Crippen LogP contribution in [-0.2, 0) is 17.9 Å². The molecule has 0 saturated carbocycles. The van der Waals surface area contributed by atoms with E-state index >= 15 is 0 Å². The molecule has 1 N–H and O–H groups in total. The lowest BCUT2D eigenvalue weighted by Crippen LogP contribution is -2.50. The van der Waals surface area contributed by atoms with Crippen molar-refractivity contribution < 1.29 is 19.1 Å². The molecule has 1 aliphatic rings. The summed E-state index contributed by atoms with van der Waals surface area (Å²) in [6.45, 7) is 1.74. The number of carbonyl (C=O) groups excluding carboxylic acids is 1. The highest BCUT2D eigenvalue weighted by Crippen LogP contribution is 2.22. The molecule has 1 aromatic heterocycles. The Kier molecular flexibility index (Phi) is 3.77. The summed E-state index contributed by atoms with van der Waals surface area (Å²) in [5.41, 5.74) is 0.0304. The van der Waals surface area contributed by atoms with Crippen LogP contribution in [0.5, 0.6) is 0 Å². The van der Waals surface area contributed by atoms with Crippen molar-refractivity contribution in [1.82, 2.24) is 19.7 Å². The van der Waals surface area contributed by atoms with E-state index in [1.165, 1.54) is 12.1 Å². The van der Waals surface area contributed by atoms with Crippen molar-refractivity contribution in [1.29, 1.82) is 0 Å². The van der Waals surface area contributed by atoms with Crippen LogP contribution >= 0.6 is 11.6 Å². The maximum absolute atomic E-state index is 13.6. The lowest BCUT2D eigenvalue weighted by Gasteiger charge is -2.33. The largest absolute Gasteiger partial charge is 0.480 e. The second kappa shape index (κ2) is 5.62. The van der Waals surface area contributed by atoms with E-state index in [9.17, 15) is 19.1 Å². The minimum absolute atomic E-state index is 0.0130. The Morgan fingerprint density at radius 1 is 1.39 bits per heavy atom. The number of amides is 1. The quantitative estimate of drug-likeness (QED) is 0.896. The number of fused-ring (bicyclic) bond motifs is 1. The minimum atomic E-state index is -1.15. The third-order valence-electron chi connectivity index (χ3n) is 3.77. The Bertz CT molecular complexity index is 807. The summed E-state index contributed by atoms with van der Waals surface area (Å²) in [7, 11) is 0. The fraction of sp³-hybridized carbons (Fsp3) is 0.286. The number of benzene rings is 1. The van der Waals surface area contributed by atoms with Crippen LogP contribution in [0.15, 0.2) is 18.2 Å². The molecule has 0 aliphatic carbocycles. The molecule has 1 unspecified atom stereocenters. The number of aromatic nitrogens is 3. The molecule has 2 heterocycles.